The summed E-state index contributed by atoms with van der Waals surface area (Å²) in [4.78, 5) is 9.47. The number of carbonyl (C=O) groups is 1. The molecule has 3 nitrogen and oxygen atoms in total. The van der Waals surface area contributed by atoms with Gasteiger partial charge in [-0.2, -0.15) is 0 Å². The summed E-state index contributed by atoms with van der Waals surface area (Å²) in [6.45, 7) is 5.10. The van der Waals surface area contributed by atoms with Crippen molar-refractivity contribution >= 4 is 15.3 Å². The van der Waals surface area contributed by atoms with E-state index < -0.39 is 5.91 Å². The minimum Gasteiger partial charge on any atom is -0.385 e. The second kappa shape index (κ2) is 11.1. The maximum Gasteiger partial charge on any atom is 0.325 e. The molecule has 0 heterocycles. The fraction of sp³-hybridized carbons (Fsp3) is 0.500. The minimum absolute atomic E-state index is 0.0922. The van der Waals surface area contributed by atoms with Crippen LogP contribution in [0.5, 0.6) is 0 Å². The van der Waals surface area contributed by atoms with E-state index in [2.05, 4.69) is 12.3 Å². The summed E-state index contributed by atoms with van der Waals surface area (Å²) in [6.07, 6.45) is 2.10. The highest BCUT2D eigenvalue weighted by Crippen LogP contribution is 1.76. The second-order valence-electron chi connectivity index (χ2n) is 1.50. The van der Waals surface area contributed by atoms with Crippen LogP contribution in [-0.4, -0.2) is 15.3 Å². The van der Waals surface area contributed by atoms with Crippen LogP contribution in [0.25, 0.3) is 0 Å². The van der Waals surface area contributed by atoms with Crippen LogP contribution in [0.15, 0.2) is 12.7 Å². The van der Waals surface area contributed by atoms with Crippen LogP contribution in [0.2, 0.25) is 6.04 Å². The predicted molar refractivity (Wildman–Crippen MR) is 40.9 cm³/mol. The molecule has 0 fully saturated rings. The van der Waals surface area contributed by atoms with Gasteiger partial charge >= 0.3 is 9.41 Å². The van der Waals surface area contributed by atoms with Crippen molar-refractivity contribution in [3.05, 3.63) is 12.7 Å². The van der Waals surface area contributed by atoms with Gasteiger partial charge in [-0.15, -0.1) is 0 Å². The molecule has 0 aromatic rings. The lowest BCUT2D eigenvalue weighted by molar-refractivity contribution is -0.113. The smallest absolute Gasteiger partial charge is 0.325 e. The summed E-state index contributed by atoms with van der Waals surface area (Å²) >= 11 is 0. The molecule has 0 rings (SSSR count). The highest BCUT2D eigenvalue weighted by atomic mass is 28.2. The van der Waals surface area contributed by atoms with E-state index in [-0.39, 0.29) is 9.41 Å². The van der Waals surface area contributed by atoms with Gasteiger partial charge in [-0.05, 0) is 12.1 Å². The molecular weight excluding hydrogens is 146 g/mol. The van der Waals surface area contributed by atoms with E-state index in [1.807, 2.05) is 6.92 Å². The summed E-state index contributed by atoms with van der Waals surface area (Å²) in [5.74, 6) is -0.481. The third-order valence-electron chi connectivity index (χ3n) is 0.553. The van der Waals surface area contributed by atoms with Crippen molar-refractivity contribution < 1.29 is 9.26 Å². The molecule has 0 aliphatic rings. The number of rotatable bonds is 3. The van der Waals surface area contributed by atoms with E-state index in [1.54, 1.807) is 0 Å². The molecule has 0 atom stereocenters. The van der Waals surface area contributed by atoms with Gasteiger partial charge in [0.1, 0.15) is 0 Å². The SMILES string of the molecule is C=CC(N)=O.CCC[Si]=O. The van der Waals surface area contributed by atoms with Crippen LogP contribution in [0.3, 0.4) is 0 Å². The quantitative estimate of drug-likeness (QED) is 0.481. The van der Waals surface area contributed by atoms with Crippen molar-refractivity contribution in [3.63, 3.8) is 0 Å². The number of primary amides is 1. The molecule has 4 heteroatoms. The topological polar surface area (TPSA) is 60.2 Å². The third-order valence-corrected chi connectivity index (χ3v) is 1.26. The van der Waals surface area contributed by atoms with Gasteiger partial charge in [-0.1, -0.05) is 19.9 Å². The van der Waals surface area contributed by atoms with Crippen molar-refractivity contribution in [1.29, 1.82) is 0 Å². The first-order chi connectivity index (χ1) is 4.68. The van der Waals surface area contributed by atoms with Crippen LogP contribution in [0.1, 0.15) is 13.3 Å². The van der Waals surface area contributed by atoms with Crippen LogP contribution >= 0.6 is 0 Å². The first kappa shape index (κ1) is 12.0. The minimum atomic E-state index is -0.481. The highest BCUT2D eigenvalue weighted by Gasteiger charge is 1.71. The Hall–Kier alpha value is -0.773. The fourth-order valence-electron chi connectivity index (χ4n) is 0.102. The number of hydrogen-bond donors (Lipinski definition) is 1. The standard InChI is InChI=1S/C3H5NO.C3H7OSi/c1-2-3(4)5;1-2-3-5-4/h2H,1H2,(H2,4,5);2-3H2,1H3. The van der Waals surface area contributed by atoms with E-state index in [0.717, 1.165) is 18.5 Å². The molecule has 0 spiro atoms. The molecule has 0 aliphatic heterocycles. The van der Waals surface area contributed by atoms with Crippen molar-refractivity contribution in [2.45, 2.75) is 19.4 Å². The summed E-state index contributed by atoms with van der Waals surface area (Å²) < 4.78 is 9.56. The first-order valence-corrected chi connectivity index (χ1v) is 4.07. The van der Waals surface area contributed by atoms with Crippen molar-refractivity contribution in [3.8, 4) is 0 Å². The number of nitrogens with two attached hydrogens (primary N) is 1. The highest BCUT2D eigenvalue weighted by molar-refractivity contribution is 6.16. The van der Waals surface area contributed by atoms with Gasteiger partial charge in [0.15, 0.2) is 0 Å². The largest absolute Gasteiger partial charge is 0.385 e. The Balaban J connectivity index is 0. The average molecular weight is 158 g/mol. The molecule has 10 heavy (non-hydrogen) atoms. The molecule has 2 N–H and O–H groups in total. The van der Waals surface area contributed by atoms with Gasteiger partial charge in [-0.3, -0.25) is 4.79 Å². The zero-order chi connectivity index (χ0) is 8.41. The van der Waals surface area contributed by atoms with Crippen molar-refractivity contribution in [2.24, 2.45) is 5.73 Å². The molecule has 0 aromatic heterocycles. The van der Waals surface area contributed by atoms with Crippen molar-refractivity contribution in [1.82, 2.24) is 0 Å². The fourth-order valence-corrected chi connectivity index (χ4v) is 0.306. The van der Waals surface area contributed by atoms with Gasteiger partial charge in [-0.25, -0.2) is 0 Å². The Morgan fingerprint density at radius 3 is 2.20 bits per heavy atom. The van der Waals surface area contributed by atoms with Crippen molar-refractivity contribution in [2.75, 3.05) is 0 Å². The Morgan fingerprint density at radius 1 is 1.80 bits per heavy atom. The van der Waals surface area contributed by atoms with Crippen LogP contribution in [0, 0.1) is 0 Å². The number of carbonyl (C=O) groups excluding carboxylic acids is 1. The maximum absolute atomic E-state index is 9.56. The summed E-state index contributed by atoms with van der Waals surface area (Å²) in [5, 5.41) is 0. The van der Waals surface area contributed by atoms with Gasteiger partial charge < -0.3 is 10.2 Å². The zero-order valence-corrected chi connectivity index (χ0v) is 7.09. The van der Waals surface area contributed by atoms with Crippen LogP contribution in [-0.2, 0) is 9.26 Å². The number of amides is 1. The van der Waals surface area contributed by atoms with Gasteiger partial charge in [0, 0.05) is 0 Å². The van der Waals surface area contributed by atoms with E-state index in [4.69, 9.17) is 0 Å². The molecule has 1 amide bonds. The average Bonchev–Trinajstić information content (AvgIpc) is 1.91. The molecule has 0 saturated heterocycles. The first-order valence-electron chi connectivity index (χ1n) is 2.95. The monoisotopic (exact) mass is 158 g/mol. The lowest BCUT2D eigenvalue weighted by Gasteiger charge is -1.66. The Morgan fingerprint density at radius 2 is 2.20 bits per heavy atom. The Kier molecular flexibility index (Phi) is 13.3. The van der Waals surface area contributed by atoms with Crippen LogP contribution in [0.4, 0.5) is 0 Å². The normalized spacial score (nSPS) is 6.90. The van der Waals surface area contributed by atoms with Gasteiger partial charge in [0.2, 0.25) is 5.91 Å². The molecule has 1 radical (unpaired) electrons. The summed E-state index contributed by atoms with van der Waals surface area (Å²) in [7, 11) is -0.0922. The lowest BCUT2D eigenvalue weighted by atomic mass is 10.6. The predicted octanol–water partition coefficient (Wildman–Crippen LogP) is 0.522. The Bertz CT molecular complexity index is 114. The van der Waals surface area contributed by atoms with E-state index in [9.17, 15) is 9.26 Å². The van der Waals surface area contributed by atoms with E-state index in [1.165, 1.54) is 0 Å². The molecule has 0 aromatic carbocycles. The maximum atomic E-state index is 9.56. The second-order valence-corrected chi connectivity index (χ2v) is 2.29. The van der Waals surface area contributed by atoms with Crippen LogP contribution < -0.4 is 5.73 Å². The zero-order valence-electron chi connectivity index (χ0n) is 6.09. The molecule has 0 saturated carbocycles. The third kappa shape index (κ3) is 26.9. The van der Waals surface area contributed by atoms with E-state index >= 15 is 0 Å². The van der Waals surface area contributed by atoms with E-state index in [0.29, 0.717) is 0 Å². The van der Waals surface area contributed by atoms with Gasteiger partial charge in [0.25, 0.3) is 0 Å². The molecule has 57 valence electrons. The summed E-state index contributed by atoms with van der Waals surface area (Å²) in [5.41, 5.74) is 4.53. The molecule has 0 unspecified atom stereocenters. The Labute approximate surface area is 63.2 Å². The lowest BCUT2D eigenvalue weighted by Crippen LogP contribution is -2.04. The van der Waals surface area contributed by atoms with Gasteiger partial charge in [0.05, 0.1) is 0 Å². The summed E-state index contributed by atoms with van der Waals surface area (Å²) in [6, 6.07) is 0.861. The molecule has 0 aliphatic carbocycles. The molecule has 0 bridgehead atoms. The molecular formula is C6H12NO2Si. The number of hydrogen-bond acceptors (Lipinski definition) is 2.